The molecule has 0 saturated heterocycles. The molecule has 4 rings (SSSR count). The molecular formula is C30H31ClF2N4O5. The molecule has 1 aliphatic carbocycles. The molecule has 222 valence electrons. The van der Waals surface area contributed by atoms with Crippen molar-refractivity contribution in [3.63, 3.8) is 0 Å². The molecule has 0 spiro atoms. The largest absolute Gasteiger partial charge is 0.485 e. The summed E-state index contributed by atoms with van der Waals surface area (Å²) in [5.74, 6) is -1.67. The molecule has 0 aromatic carbocycles. The number of ether oxygens (including phenoxy) is 1. The van der Waals surface area contributed by atoms with E-state index in [1.807, 2.05) is 0 Å². The minimum Gasteiger partial charge on any atom is -0.485 e. The molecule has 9 nitrogen and oxygen atoms in total. The quantitative estimate of drug-likeness (QED) is 0.275. The minimum atomic E-state index is -1.32. The molecule has 1 saturated carbocycles. The Bertz CT molecular complexity index is 1700. The summed E-state index contributed by atoms with van der Waals surface area (Å²) in [6, 6.07) is 5.34. The molecule has 2 atom stereocenters. The topological polar surface area (TPSA) is 119 Å². The van der Waals surface area contributed by atoms with Crippen molar-refractivity contribution in [2.24, 2.45) is 10.9 Å². The molecule has 0 bridgehead atoms. The van der Waals surface area contributed by atoms with Crippen LogP contribution in [0.4, 0.5) is 8.78 Å². The first-order valence-electron chi connectivity index (χ1n) is 13.2. The van der Waals surface area contributed by atoms with Crippen molar-refractivity contribution in [1.29, 1.82) is 0 Å². The number of hydrogen-bond acceptors (Lipinski definition) is 7. The molecule has 42 heavy (non-hydrogen) atoms. The van der Waals surface area contributed by atoms with Crippen LogP contribution in [0.15, 0.2) is 69.1 Å². The number of aryl methyl sites for hydroxylation is 1. The maximum Gasteiger partial charge on any atom is 0.277 e. The molecule has 3 heterocycles. The van der Waals surface area contributed by atoms with Gasteiger partial charge in [-0.3, -0.25) is 23.7 Å². The second-order valence-corrected chi connectivity index (χ2v) is 10.8. The van der Waals surface area contributed by atoms with Crippen LogP contribution < -0.4 is 15.9 Å². The van der Waals surface area contributed by atoms with Crippen molar-refractivity contribution in [1.82, 2.24) is 14.1 Å². The molecule has 3 aromatic rings. The summed E-state index contributed by atoms with van der Waals surface area (Å²) < 4.78 is 35.1. The standard InChI is InChI=1S/C30H31ClF2N4O5/c1-17(19(3)38)14-35-26(37-10-5-6-22(28(37)39)30(4,41)20-7-8-20)9-11-36-18(2)12-25(27(31)29(36)40)42-16-24-23(33)13-21(32)15-34-24/h5-6,9-15,19-20,38,41H,7-8,16H2,1-4H3/b11-9+,17-14-,35-26+/t19-,30+/m0/s1. The Labute approximate surface area is 245 Å². The predicted octanol–water partition coefficient (Wildman–Crippen LogP) is 4.54. The fraction of sp³-hybridized carbons (Fsp3) is 0.333. The van der Waals surface area contributed by atoms with E-state index in [2.05, 4.69) is 9.98 Å². The van der Waals surface area contributed by atoms with Crippen molar-refractivity contribution < 1.29 is 23.7 Å². The Morgan fingerprint density at radius 1 is 1.31 bits per heavy atom. The molecule has 0 unspecified atom stereocenters. The van der Waals surface area contributed by atoms with E-state index in [9.17, 15) is 28.6 Å². The van der Waals surface area contributed by atoms with E-state index in [4.69, 9.17) is 16.3 Å². The van der Waals surface area contributed by atoms with E-state index in [0.717, 1.165) is 19.0 Å². The third-order valence-electron chi connectivity index (χ3n) is 7.14. The van der Waals surface area contributed by atoms with E-state index in [-0.39, 0.29) is 40.4 Å². The third-order valence-corrected chi connectivity index (χ3v) is 7.48. The predicted molar refractivity (Wildman–Crippen MR) is 156 cm³/mol. The lowest BCUT2D eigenvalue weighted by Gasteiger charge is -2.23. The summed E-state index contributed by atoms with van der Waals surface area (Å²) in [5, 5.41) is 20.6. The summed E-state index contributed by atoms with van der Waals surface area (Å²) in [5.41, 5.74) is -1.49. The molecule has 3 aromatic heterocycles. The Balaban J connectivity index is 1.71. The molecule has 12 heteroatoms. The smallest absolute Gasteiger partial charge is 0.277 e. The van der Waals surface area contributed by atoms with E-state index in [1.165, 1.54) is 39.9 Å². The Morgan fingerprint density at radius 3 is 2.67 bits per heavy atom. The number of halogens is 3. The zero-order valence-electron chi connectivity index (χ0n) is 23.5. The normalized spacial score (nSPS) is 16.5. The van der Waals surface area contributed by atoms with Crippen molar-refractivity contribution in [3.8, 4) is 5.75 Å². The van der Waals surface area contributed by atoms with Gasteiger partial charge in [0.1, 0.15) is 34.7 Å². The van der Waals surface area contributed by atoms with Crippen molar-refractivity contribution in [3.05, 3.63) is 109 Å². The van der Waals surface area contributed by atoms with Crippen LogP contribution >= 0.6 is 11.6 Å². The van der Waals surface area contributed by atoms with E-state index >= 15 is 0 Å². The maximum atomic E-state index is 14.0. The van der Waals surface area contributed by atoms with Crippen LogP contribution in [0.2, 0.25) is 5.02 Å². The fourth-order valence-electron chi connectivity index (χ4n) is 4.21. The number of allylic oxidation sites excluding steroid dienone is 1. The number of aliphatic hydroxyl groups excluding tert-OH is 1. The number of pyridine rings is 3. The van der Waals surface area contributed by atoms with E-state index in [1.54, 1.807) is 39.8 Å². The average Bonchev–Trinajstić information content (AvgIpc) is 3.79. The second-order valence-electron chi connectivity index (χ2n) is 10.4. The first-order valence-corrected chi connectivity index (χ1v) is 13.6. The lowest BCUT2D eigenvalue weighted by Crippen LogP contribution is -2.37. The molecule has 1 fully saturated rings. The highest BCUT2D eigenvalue weighted by Gasteiger charge is 2.43. The van der Waals surface area contributed by atoms with E-state index in [0.29, 0.717) is 17.3 Å². The van der Waals surface area contributed by atoms with Gasteiger partial charge in [-0.15, -0.1) is 0 Å². The van der Waals surface area contributed by atoms with Gasteiger partial charge in [-0.2, -0.15) is 0 Å². The molecule has 2 N–H and O–H groups in total. The van der Waals surface area contributed by atoms with Gasteiger partial charge in [-0.25, -0.2) is 13.8 Å². The van der Waals surface area contributed by atoms with Gasteiger partial charge in [-0.05, 0) is 70.2 Å². The van der Waals surface area contributed by atoms with Gasteiger partial charge in [-0.1, -0.05) is 11.6 Å². The highest BCUT2D eigenvalue weighted by Crippen LogP contribution is 2.44. The van der Waals surface area contributed by atoms with Crippen LogP contribution in [0, 0.1) is 24.5 Å². The third kappa shape index (κ3) is 6.75. The molecular weight excluding hydrogens is 570 g/mol. The summed E-state index contributed by atoms with van der Waals surface area (Å²) in [6.07, 6.45) is 7.39. The van der Waals surface area contributed by atoms with E-state index < -0.39 is 34.5 Å². The van der Waals surface area contributed by atoms with Crippen molar-refractivity contribution >= 4 is 23.6 Å². The summed E-state index contributed by atoms with van der Waals surface area (Å²) >= 11 is 6.29. The van der Waals surface area contributed by atoms with Gasteiger partial charge < -0.3 is 14.9 Å². The average molecular weight is 601 g/mol. The van der Waals surface area contributed by atoms with Crippen LogP contribution in [0.25, 0.3) is 6.20 Å². The van der Waals surface area contributed by atoms with Gasteiger partial charge in [0.25, 0.3) is 11.1 Å². The number of aromatic nitrogens is 3. The first kappa shape index (κ1) is 31.0. The molecule has 1 aliphatic rings. The number of aliphatic imine (C=N–C) groups is 1. The Kier molecular flexibility index (Phi) is 9.24. The van der Waals surface area contributed by atoms with Gasteiger partial charge in [0.2, 0.25) is 0 Å². The first-order chi connectivity index (χ1) is 19.8. The summed E-state index contributed by atoms with van der Waals surface area (Å²) in [4.78, 5) is 34.7. The van der Waals surface area contributed by atoms with Crippen LogP contribution in [0.5, 0.6) is 5.75 Å². The van der Waals surface area contributed by atoms with Crippen LogP contribution in [0.3, 0.4) is 0 Å². The summed E-state index contributed by atoms with van der Waals surface area (Å²) in [6.45, 7) is 6.09. The maximum absolute atomic E-state index is 14.0. The number of rotatable bonds is 9. The van der Waals surface area contributed by atoms with Gasteiger partial charge in [0, 0.05) is 42.0 Å². The van der Waals surface area contributed by atoms with Crippen LogP contribution in [-0.2, 0) is 12.2 Å². The second kappa shape index (κ2) is 12.5. The highest BCUT2D eigenvalue weighted by atomic mass is 35.5. The van der Waals surface area contributed by atoms with Crippen molar-refractivity contribution in [2.45, 2.75) is 58.8 Å². The van der Waals surface area contributed by atoms with Crippen molar-refractivity contribution in [2.75, 3.05) is 0 Å². The highest BCUT2D eigenvalue weighted by molar-refractivity contribution is 6.31. The zero-order valence-corrected chi connectivity index (χ0v) is 24.3. The SMILES string of the molecule is C/C(=C/N=C(\C=C\n1c(C)cc(OCc2ncc(F)cc2F)c(Cl)c1=O)n1cccc([C@](C)(O)C2CC2)c1=O)[C@H](C)O. The van der Waals surface area contributed by atoms with Gasteiger partial charge in [0.15, 0.2) is 5.82 Å². The van der Waals surface area contributed by atoms with Crippen LogP contribution in [0.1, 0.15) is 50.6 Å². The lowest BCUT2D eigenvalue weighted by molar-refractivity contribution is 0.0315. The summed E-state index contributed by atoms with van der Waals surface area (Å²) in [7, 11) is 0. The minimum absolute atomic E-state index is 0.0196. The molecule has 0 amide bonds. The zero-order chi connectivity index (χ0) is 30.8. The number of hydrogen-bond donors (Lipinski definition) is 2. The van der Waals surface area contributed by atoms with Crippen LogP contribution in [-0.4, -0.2) is 36.3 Å². The van der Waals surface area contributed by atoms with Gasteiger partial charge in [0.05, 0.1) is 17.9 Å². The van der Waals surface area contributed by atoms with Gasteiger partial charge >= 0.3 is 0 Å². The Hall–Kier alpha value is -3.93. The Morgan fingerprint density at radius 2 is 2.02 bits per heavy atom. The lowest BCUT2D eigenvalue weighted by atomic mass is 9.92. The fourth-order valence-corrected chi connectivity index (χ4v) is 4.41. The monoisotopic (exact) mass is 600 g/mol. The number of nitrogens with zero attached hydrogens (tertiary/aromatic N) is 4. The number of aliphatic hydroxyl groups is 2. The molecule has 0 aliphatic heterocycles. The molecule has 0 radical (unpaired) electrons.